The number of pyridine rings is 1. The van der Waals surface area contributed by atoms with E-state index in [-0.39, 0.29) is 11.7 Å². The minimum atomic E-state index is -2.78. The number of rotatable bonds is 7. The molecule has 210 valence electrons. The minimum Gasteiger partial charge on any atom is -0.495 e. The normalized spacial score (nSPS) is 15.2. The zero-order valence-electron chi connectivity index (χ0n) is 22.3. The van der Waals surface area contributed by atoms with Gasteiger partial charge < -0.3 is 15.4 Å². The van der Waals surface area contributed by atoms with E-state index in [1.807, 2.05) is 48.7 Å². The van der Waals surface area contributed by atoms with Crippen LogP contribution in [0.15, 0.2) is 83.9 Å². The molecule has 3 heterocycles. The molecule has 9 nitrogen and oxygen atoms in total. The predicted octanol–water partition coefficient (Wildman–Crippen LogP) is 6.70. The molecular weight excluding hydrogens is 545 g/mol. The van der Waals surface area contributed by atoms with Gasteiger partial charge in [0, 0.05) is 29.3 Å². The zero-order chi connectivity index (χ0) is 28.7. The number of aryl methyl sites for hydroxylation is 1. The summed E-state index contributed by atoms with van der Waals surface area (Å²) in [7, 11) is -1.25. The van der Waals surface area contributed by atoms with Gasteiger partial charge in [0.25, 0.3) is 0 Å². The SMILES string of the molecule is COc1cc2c(cc1Nc1nc3ccc(-c4ccc(NC(=O)[C@H](C)c5ccc(F)cc5)cc4)cn3n1)CCS2(O)O. The van der Waals surface area contributed by atoms with Crippen LogP contribution < -0.4 is 15.4 Å². The Morgan fingerprint density at radius 2 is 1.78 bits per heavy atom. The highest BCUT2D eigenvalue weighted by Gasteiger charge is 2.29. The number of fused-ring (bicyclic) bond motifs is 2. The number of hydrogen-bond donors (Lipinski definition) is 4. The van der Waals surface area contributed by atoms with Crippen LogP contribution in [0.1, 0.15) is 24.0 Å². The van der Waals surface area contributed by atoms with E-state index in [1.54, 1.807) is 29.6 Å². The number of carbonyl (C=O) groups excluding carboxylic acids is 1. The van der Waals surface area contributed by atoms with E-state index < -0.39 is 16.5 Å². The second kappa shape index (κ2) is 10.5. The fourth-order valence-corrected chi connectivity index (χ4v) is 6.46. The first kappa shape index (κ1) is 26.8. The summed E-state index contributed by atoms with van der Waals surface area (Å²) < 4.78 is 41.0. The van der Waals surface area contributed by atoms with Crippen molar-refractivity contribution in [3.8, 4) is 16.9 Å². The molecule has 2 aromatic heterocycles. The van der Waals surface area contributed by atoms with Crippen molar-refractivity contribution in [3.05, 3.63) is 95.9 Å². The van der Waals surface area contributed by atoms with Gasteiger partial charge in [-0.25, -0.2) is 8.91 Å². The molecule has 0 radical (unpaired) electrons. The zero-order valence-corrected chi connectivity index (χ0v) is 23.2. The van der Waals surface area contributed by atoms with Gasteiger partial charge in [-0.15, -0.1) is 5.10 Å². The number of nitrogens with zero attached hydrogens (tertiary/aromatic N) is 3. The molecule has 41 heavy (non-hydrogen) atoms. The number of halogens is 1. The summed E-state index contributed by atoms with van der Waals surface area (Å²) in [6.45, 7) is 1.78. The van der Waals surface area contributed by atoms with Crippen LogP contribution in [0.25, 0.3) is 16.8 Å². The Morgan fingerprint density at radius 3 is 2.51 bits per heavy atom. The molecule has 0 fully saturated rings. The lowest BCUT2D eigenvalue weighted by Crippen LogP contribution is -2.18. The molecule has 5 aromatic rings. The maximum Gasteiger partial charge on any atom is 0.247 e. The van der Waals surface area contributed by atoms with Crippen molar-refractivity contribution in [1.29, 1.82) is 0 Å². The predicted molar refractivity (Wildman–Crippen MR) is 158 cm³/mol. The summed E-state index contributed by atoms with van der Waals surface area (Å²) in [6, 6.07) is 20.7. The topological polar surface area (TPSA) is 121 Å². The van der Waals surface area contributed by atoms with Crippen molar-refractivity contribution in [1.82, 2.24) is 14.6 Å². The lowest BCUT2D eigenvalue weighted by Gasteiger charge is -2.27. The molecule has 0 aliphatic carbocycles. The monoisotopic (exact) mass is 573 g/mol. The molecule has 1 atom stereocenters. The maximum atomic E-state index is 13.2. The van der Waals surface area contributed by atoms with E-state index in [2.05, 4.69) is 20.7 Å². The van der Waals surface area contributed by atoms with E-state index in [0.29, 0.717) is 45.8 Å². The van der Waals surface area contributed by atoms with Gasteiger partial charge in [-0.05, 0) is 72.5 Å². The second-order valence-electron chi connectivity index (χ2n) is 9.90. The van der Waals surface area contributed by atoms with Crippen LogP contribution in [0.2, 0.25) is 0 Å². The van der Waals surface area contributed by atoms with E-state index in [1.165, 1.54) is 19.2 Å². The van der Waals surface area contributed by atoms with Crippen molar-refractivity contribution < 1.29 is 23.0 Å². The van der Waals surface area contributed by atoms with E-state index in [4.69, 9.17) is 4.74 Å². The first-order valence-electron chi connectivity index (χ1n) is 13.0. The molecule has 6 rings (SSSR count). The van der Waals surface area contributed by atoms with Crippen molar-refractivity contribution in [2.24, 2.45) is 0 Å². The Kier molecular flexibility index (Phi) is 6.86. The number of aromatic nitrogens is 3. The maximum absolute atomic E-state index is 13.2. The molecule has 1 aliphatic heterocycles. The van der Waals surface area contributed by atoms with Gasteiger partial charge in [-0.3, -0.25) is 13.9 Å². The smallest absolute Gasteiger partial charge is 0.247 e. The van der Waals surface area contributed by atoms with Crippen LogP contribution >= 0.6 is 10.6 Å². The summed E-state index contributed by atoms with van der Waals surface area (Å²) in [4.78, 5) is 17.8. The Balaban J connectivity index is 1.17. The summed E-state index contributed by atoms with van der Waals surface area (Å²) in [5.74, 6) is 0.219. The molecule has 0 unspecified atom stereocenters. The fourth-order valence-electron chi connectivity index (χ4n) is 4.86. The van der Waals surface area contributed by atoms with Crippen molar-refractivity contribution in [2.75, 3.05) is 23.5 Å². The van der Waals surface area contributed by atoms with Crippen LogP contribution in [0.4, 0.5) is 21.7 Å². The van der Waals surface area contributed by atoms with Crippen LogP contribution in [-0.2, 0) is 11.2 Å². The number of ether oxygens (including phenoxy) is 1. The molecule has 0 saturated heterocycles. The largest absolute Gasteiger partial charge is 0.495 e. The van der Waals surface area contributed by atoms with E-state index in [9.17, 15) is 18.3 Å². The van der Waals surface area contributed by atoms with Crippen LogP contribution in [0, 0.1) is 5.82 Å². The molecule has 0 bridgehead atoms. The van der Waals surface area contributed by atoms with Crippen molar-refractivity contribution in [2.45, 2.75) is 24.2 Å². The molecule has 0 spiro atoms. The van der Waals surface area contributed by atoms with Gasteiger partial charge in [-0.1, -0.05) is 24.3 Å². The summed E-state index contributed by atoms with van der Waals surface area (Å²) >= 11 is 0. The lowest BCUT2D eigenvalue weighted by molar-refractivity contribution is -0.117. The molecule has 0 saturated carbocycles. The van der Waals surface area contributed by atoms with Gasteiger partial charge in [-0.2, -0.15) is 15.6 Å². The molecule has 4 N–H and O–H groups in total. The van der Waals surface area contributed by atoms with E-state index in [0.717, 1.165) is 22.3 Å². The number of benzene rings is 3. The third kappa shape index (κ3) is 5.34. The Morgan fingerprint density at radius 1 is 1.05 bits per heavy atom. The first-order chi connectivity index (χ1) is 19.7. The minimum absolute atomic E-state index is 0.179. The van der Waals surface area contributed by atoms with Gasteiger partial charge in [0.1, 0.15) is 11.6 Å². The average Bonchev–Trinajstić information content (AvgIpc) is 3.51. The summed E-state index contributed by atoms with van der Waals surface area (Å²) in [5.41, 5.74) is 5.39. The summed E-state index contributed by atoms with van der Waals surface area (Å²) in [5, 5.41) is 10.7. The molecule has 11 heteroatoms. The standard InChI is InChI=1S/C30H28FN5O4S/c1-18(19-3-8-23(31)9-4-19)29(37)32-24-10-5-20(6-11-24)22-7-12-28-34-30(35-36(28)17-22)33-25-15-21-13-14-41(38,39)27(21)16-26(25)40-2/h3-12,15-18,38-39H,13-14H2,1-2H3,(H,32,37)(H,33,35)/t18-/m1/s1. The Bertz CT molecular complexity index is 1760. The van der Waals surface area contributed by atoms with Crippen molar-refractivity contribution in [3.63, 3.8) is 0 Å². The fraction of sp³-hybridized carbons (Fsp3) is 0.167. The highest BCUT2D eigenvalue weighted by atomic mass is 32.3. The van der Waals surface area contributed by atoms with Gasteiger partial charge in [0.05, 0.1) is 23.6 Å². The second-order valence-corrected chi connectivity index (χ2v) is 12.1. The van der Waals surface area contributed by atoms with Crippen LogP contribution in [-0.4, -0.2) is 42.5 Å². The molecule has 1 amide bonds. The molecular formula is C30H28FN5O4S. The van der Waals surface area contributed by atoms with Crippen LogP contribution in [0.3, 0.4) is 0 Å². The van der Waals surface area contributed by atoms with E-state index >= 15 is 0 Å². The Hall–Kier alpha value is -4.45. The number of carbonyl (C=O) groups is 1. The van der Waals surface area contributed by atoms with Crippen LogP contribution in [0.5, 0.6) is 5.75 Å². The number of methoxy groups -OCH3 is 1. The van der Waals surface area contributed by atoms with Gasteiger partial charge in [0.15, 0.2) is 5.65 Å². The number of amides is 1. The van der Waals surface area contributed by atoms with Crippen molar-refractivity contribution >= 4 is 39.5 Å². The highest BCUT2D eigenvalue weighted by Crippen LogP contribution is 2.57. The molecule has 3 aromatic carbocycles. The Labute approximate surface area is 237 Å². The quantitative estimate of drug-likeness (QED) is 0.171. The average molecular weight is 574 g/mol. The number of hydrogen-bond acceptors (Lipinski definition) is 7. The van der Waals surface area contributed by atoms with Gasteiger partial charge in [0.2, 0.25) is 11.9 Å². The first-order valence-corrected chi connectivity index (χ1v) is 14.7. The third-order valence-corrected chi connectivity index (χ3v) is 9.08. The highest BCUT2D eigenvalue weighted by molar-refractivity contribution is 8.24. The van der Waals surface area contributed by atoms with Gasteiger partial charge >= 0.3 is 0 Å². The number of nitrogens with one attached hydrogen (secondary N) is 2. The lowest BCUT2D eigenvalue weighted by atomic mass is 10.00. The molecule has 1 aliphatic rings. The number of anilines is 3. The third-order valence-electron chi connectivity index (χ3n) is 7.22. The summed E-state index contributed by atoms with van der Waals surface area (Å²) in [6.07, 6.45) is 2.45.